The number of nitrogens with one attached hydrogen (secondary N) is 1. The van der Waals surface area contributed by atoms with Gasteiger partial charge in [-0.05, 0) is 38.8 Å². The summed E-state index contributed by atoms with van der Waals surface area (Å²) in [6.07, 6.45) is 0. The summed E-state index contributed by atoms with van der Waals surface area (Å²) in [5.74, 6) is 1.09. The first-order chi connectivity index (χ1) is 7.56. The monoisotopic (exact) mass is 234 g/mol. The van der Waals surface area contributed by atoms with Crippen LogP contribution >= 0.6 is 11.8 Å². The van der Waals surface area contributed by atoms with Crippen molar-refractivity contribution < 1.29 is 0 Å². The second-order valence-corrected chi connectivity index (χ2v) is 5.50. The predicted molar refractivity (Wildman–Crippen MR) is 73.6 cm³/mol. The fourth-order valence-electron chi connectivity index (χ4n) is 2.03. The van der Waals surface area contributed by atoms with Gasteiger partial charge < -0.3 is 5.32 Å². The van der Waals surface area contributed by atoms with Gasteiger partial charge in [0.25, 0.3) is 0 Å². The van der Waals surface area contributed by atoms with Crippen LogP contribution in [0.1, 0.15) is 23.6 Å². The Kier molecular flexibility index (Phi) is 3.24. The molecule has 0 bridgehead atoms. The van der Waals surface area contributed by atoms with Crippen LogP contribution < -0.4 is 5.32 Å². The quantitative estimate of drug-likeness (QED) is 0.804. The number of thioether (sulfide) groups is 1. The first kappa shape index (κ1) is 11.5. The minimum Gasteiger partial charge on any atom is -0.335 e. The molecule has 2 rings (SSSR count). The third-order valence-electron chi connectivity index (χ3n) is 2.71. The van der Waals surface area contributed by atoms with Gasteiger partial charge in [-0.2, -0.15) is 0 Å². The molecule has 1 aliphatic heterocycles. The minimum absolute atomic E-state index is 0.443. The Balaban J connectivity index is 2.25. The summed E-state index contributed by atoms with van der Waals surface area (Å²) in [7, 11) is 0. The van der Waals surface area contributed by atoms with E-state index in [0.29, 0.717) is 6.04 Å². The van der Waals surface area contributed by atoms with E-state index in [1.165, 1.54) is 22.4 Å². The highest BCUT2D eigenvalue weighted by molar-refractivity contribution is 8.14. The van der Waals surface area contributed by atoms with Crippen LogP contribution in [0.4, 0.5) is 5.69 Å². The molecule has 1 heterocycles. The second kappa shape index (κ2) is 4.50. The third kappa shape index (κ3) is 2.40. The van der Waals surface area contributed by atoms with Gasteiger partial charge in [-0.3, -0.25) is 4.99 Å². The Morgan fingerprint density at radius 2 is 1.88 bits per heavy atom. The molecule has 1 aliphatic rings. The van der Waals surface area contributed by atoms with Crippen LogP contribution in [0.5, 0.6) is 0 Å². The molecule has 3 heteroatoms. The molecule has 0 aliphatic carbocycles. The predicted octanol–water partition coefficient (Wildman–Crippen LogP) is 3.52. The number of aliphatic imine (C=N–C) groups is 1. The lowest BCUT2D eigenvalue weighted by atomic mass is 10.1. The highest BCUT2D eigenvalue weighted by atomic mass is 32.2. The summed E-state index contributed by atoms with van der Waals surface area (Å²) >= 11 is 1.81. The van der Waals surface area contributed by atoms with E-state index in [4.69, 9.17) is 0 Å². The molecule has 0 radical (unpaired) electrons. The Labute approximate surface area is 102 Å². The summed E-state index contributed by atoms with van der Waals surface area (Å²) in [6.45, 7) is 8.57. The molecule has 0 saturated heterocycles. The van der Waals surface area contributed by atoms with E-state index >= 15 is 0 Å². The van der Waals surface area contributed by atoms with E-state index < -0.39 is 0 Å². The number of nitrogens with zero attached hydrogens (tertiary/aromatic N) is 1. The van der Waals surface area contributed by atoms with Crippen molar-refractivity contribution in [2.24, 2.45) is 4.99 Å². The number of benzene rings is 1. The SMILES string of the molecule is Cc1cc(C)c(NC2=NC(C)CS2)c(C)c1. The van der Waals surface area contributed by atoms with E-state index in [1.54, 1.807) is 11.8 Å². The minimum atomic E-state index is 0.443. The van der Waals surface area contributed by atoms with Gasteiger partial charge in [0, 0.05) is 11.4 Å². The molecule has 0 amide bonds. The van der Waals surface area contributed by atoms with E-state index in [9.17, 15) is 0 Å². The fourth-order valence-corrected chi connectivity index (χ4v) is 2.93. The van der Waals surface area contributed by atoms with Crippen molar-refractivity contribution in [1.82, 2.24) is 0 Å². The molecule has 0 spiro atoms. The Morgan fingerprint density at radius 1 is 1.25 bits per heavy atom. The van der Waals surface area contributed by atoms with E-state index in [-0.39, 0.29) is 0 Å². The molecule has 1 aromatic carbocycles. The van der Waals surface area contributed by atoms with Gasteiger partial charge in [-0.1, -0.05) is 29.5 Å². The second-order valence-electron chi connectivity index (χ2n) is 4.49. The Hall–Kier alpha value is -0.960. The summed E-state index contributed by atoms with van der Waals surface area (Å²) < 4.78 is 0. The van der Waals surface area contributed by atoms with Crippen LogP contribution in [0.15, 0.2) is 17.1 Å². The maximum absolute atomic E-state index is 4.56. The fraction of sp³-hybridized carbons (Fsp3) is 0.462. The standard InChI is InChI=1S/C13H18N2S/c1-8-5-9(2)12(10(3)6-8)15-13-14-11(4)7-16-13/h5-6,11H,7H2,1-4H3,(H,14,15). The smallest absolute Gasteiger partial charge is 0.161 e. The topological polar surface area (TPSA) is 24.4 Å². The van der Waals surface area contributed by atoms with Gasteiger partial charge in [-0.25, -0.2) is 0 Å². The molecule has 1 unspecified atom stereocenters. The third-order valence-corrected chi connectivity index (χ3v) is 3.84. The van der Waals surface area contributed by atoms with Crippen molar-refractivity contribution in [1.29, 1.82) is 0 Å². The molecule has 16 heavy (non-hydrogen) atoms. The number of rotatable bonds is 1. The van der Waals surface area contributed by atoms with Gasteiger partial charge in [-0.15, -0.1) is 0 Å². The van der Waals surface area contributed by atoms with Crippen LogP contribution in [0.3, 0.4) is 0 Å². The van der Waals surface area contributed by atoms with E-state index in [2.05, 4.69) is 50.1 Å². The molecule has 86 valence electrons. The number of aryl methyl sites for hydroxylation is 3. The summed E-state index contributed by atoms with van der Waals surface area (Å²) in [5.41, 5.74) is 5.11. The average Bonchev–Trinajstić information content (AvgIpc) is 2.58. The van der Waals surface area contributed by atoms with Crippen molar-refractivity contribution in [3.8, 4) is 0 Å². The van der Waals surface area contributed by atoms with Crippen LogP contribution in [-0.4, -0.2) is 17.0 Å². The molecule has 0 fully saturated rings. The molecule has 1 aromatic rings. The molecular formula is C13H18N2S. The van der Waals surface area contributed by atoms with Crippen molar-refractivity contribution in [2.75, 3.05) is 11.1 Å². The van der Waals surface area contributed by atoms with Gasteiger partial charge in [0.2, 0.25) is 0 Å². The Bertz CT molecular complexity index is 415. The number of amidine groups is 1. The van der Waals surface area contributed by atoms with Crippen LogP contribution in [-0.2, 0) is 0 Å². The largest absolute Gasteiger partial charge is 0.335 e. The lowest BCUT2D eigenvalue weighted by Gasteiger charge is -2.13. The lowest BCUT2D eigenvalue weighted by Crippen LogP contribution is -2.08. The Morgan fingerprint density at radius 3 is 2.38 bits per heavy atom. The van der Waals surface area contributed by atoms with E-state index in [1.807, 2.05) is 0 Å². The molecule has 0 aromatic heterocycles. The molecule has 2 nitrogen and oxygen atoms in total. The number of hydrogen-bond acceptors (Lipinski definition) is 3. The van der Waals surface area contributed by atoms with Gasteiger partial charge in [0.15, 0.2) is 5.17 Å². The van der Waals surface area contributed by atoms with Crippen molar-refractivity contribution in [3.05, 3.63) is 28.8 Å². The van der Waals surface area contributed by atoms with Crippen LogP contribution in [0.25, 0.3) is 0 Å². The average molecular weight is 234 g/mol. The van der Waals surface area contributed by atoms with Crippen LogP contribution in [0, 0.1) is 20.8 Å². The zero-order chi connectivity index (χ0) is 11.7. The van der Waals surface area contributed by atoms with Gasteiger partial charge in [0.05, 0.1) is 6.04 Å². The van der Waals surface area contributed by atoms with Crippen LogP contribution in [0.2, 0.25) is 0 Å². The molecule has 1 atom stereocenters. The van der Waals surface area contributed by atoms with Gasteiger partial charge >= 0.3 is 0 Å². The number of anilines is 1. The zero-order valence-electron chi connectivity index (χ0n) is 10.3. The maximum Gasteiger partial charge on any atom is 0.161 e. The lowest BCUT2D eigenvalue weighted by molar-refractivity contribution is 0.865. The highest BCUT2D eigenvalue weighted by Gasteiger charge is 2.15. The first-order valence-corrected chi connectivity index (χ1v) is 6.60. The van der Waals surface area contributed by atoms with Crippen molar-refractivity contribution >= 4 is 22.6 Å². The summed E-state index contributed by atoms with van der Waals surface area (Å²) in [5, 5.41) is 4.51. The summed E-state index contributed by atoms with van der Waals surface area (Å²) in [4.78, 5) is 4.56. The molecule has 0 saturated carbocycles. The van der Waals surface area contributed by atoms with E-state index in [0.717, 1.165) is 10.9 Å². The molecule has 1 N–H and O–H groups in total. The van der Waals surface area contributed by atoms with Gasteiger partial charge in [0.1, 0.15) is 0 Å². The zero-order valence-corrected chi connectivity index (χ0v) is 11.1. The maximum atomic E-state index is 4.56. The number of hydrogen-bond donors (Lipinski definition) is 1. The molecular weight excluding hydrogens is 216 g/mol. The summed E-state index contributed by atoms with van der Waals surface area (Å²) in [6, 6.07) is 4.86. The normalized spacial score (nSPS) is 19.8. The highest BCUT2D eigenvalue weighted by Crippen LogP contribution is 2.25. The van der Waals surface area contributed by atoms with Crippen molar-refractivity contribution in [2.45, 2.75) is 33.7 Å². The van der Waals surface area contributed by atoms with Crippen molar-refractivity contribution in [3.63, 3.8) is 0 Å². The first-order valence-electron chi connectivity index (χ1n) is 5.61.